The van der Waals surface area contributed by atoms with E-state index in [-0.39, 0.29) is 0 Å². The van der Waals surface area contributed by atoms with Gasteiger partial charge < -0.3 is 19.7 Å². The Labute approximate surface area is 147 Å². The van der Waals surface area contributed by atoms with E-state index in [2.05, 4.69) is 22.0 Å². The second kappa shape index (κ2) is 6.86. The molecule has 0 bridgehead atoms. The molecule has 5 nitrogen and oxygen atoms in total. The molecule has 1 fully saturated rings. The first-order valence-corrected chi connectivity index (χ1v) is 8.77. The van der Waals surface area contributed by atoms with Crippen LogP contribution in [0.5, 0.6) is 0 Å². The molecule has 1 atom stereocenters. The smallest absolute Gasteiger partial charge is 0.204 e. The van der Waals surface area contributed by atoms with Crippen molar-refractivity contribution in [1.29, 1.82) is 0 Å². The number of para-hydroxylation sites is 2. The van der Waals surface area contributed by atoms with Crippen LogP contribution in [-0.4, -0.2) is 33.5 Å². The molecule has 1 aliphatic heterocycles. The van der Waals surface area contributed by atoms with E-state index in [1.54, 1.807) is 0 Å². The van der Waals surface area contributed by atoms with Crippen LogP contribution < -0.4 is 5.32 Å². The number of anilines is 1. The number of imidazole rings is 1. The molecule has 2 aromatic carbocycles. The lowest BCUT2D eigenvalue weighted by atomic mass is 9.96. The molecule has 3 aromatic rings. The van der Waals surface area contributed by atoms with Gasteiger partial charge in [0.25, 0.3) is 0 Å². The molecule has 130 valence electrons. The molecular formula is C20H23N3O2. The van der Waals surface area contributed by atoms with Crippen molar-refractivity contribution in [2.45, 2.75) is 31.5 Å². The van der Waals surface area contributed by atoms with Crippen LogP contribution >= 0.6 is 0 Å². The van der Waals surface area contributed by atoms with Gasteiger partial charge in [-0.3, -0.25) is 0 Å². The third-order valence-corrected chi connectivity index (χ3v) is 4.70. The Balaban J connectivity index is 1.63. The summed E-state index contributed by atoms with van der Waals surface area (Å²) < 4.78 is 7.59. The van der Waals surface area contributed by atoms with Crippen molar-refractivity contribution in [2.75, 3.05) is 18.5 Å². The van der Waals surface area contributed by atoms with E-state index >= 15 is 0 Å². The maximum absolute atomic E-state index is 10.9. The first-order chi connectivity index (χ1) is 12.2. The van der Waals surface area contributed by atoms with Crippen molar-refractivity contribution in [3.8, 4) is 0 Å². The molecule has 25 heavy (non-hydrogen) atoms. The van der Waals surface area contributed by atoms with Gasteiger partial charge in [0.1, 0.15) is 5.60 Å². The Hall–Kier alpha value is -2.37. The van der Waals surface area contributed by atoms with Gasteiger partial charge in [0.15, 0.2) is 0 Å². The quantitative estimate of drug-likeness (QED) is 0.751. The van der Waals surface area contributed by atoms with Gasteiger partial charge in [-0.1, -0.05) is 42.5 Å². The van der Waals surface area contributed by atoms with E-state index in [4.69, 9.17) is 9.72 Å². The number of aromatic nitrogens is 2. The molecule has 2 heterocycles. The highest BCUT2D eigenvalue weighted by Crippen LogP contribution is 2.27. The Bertz CT molecular complexity index is 839. The van der Waals surface area contributed by atoms with Crippen LogP contribution in [0.3, 0.4) is 0 Å². The van der Waals surface area contributed by atoms with Crippen molar-refractivity contribution >= 4 is 17.0 Å². The average molecular weight is 337 g/mol. The SMILES string of the molecule is OC1(Cn2c(NCc3ccccc3)nc3ccccc32)CCCOC1. The first kappa shape index (κ1) is 16.1. The highest BCUT2D eigenvalue weighted by atomic mass is 16.5. The molecule has 1 aliphatic rings. The molecule has 5 heteroatoms. The van der Waals surface area contributed by atoms with Crippen LogP contribution in [0.25, 0.3) is 11.0 Å². The summed E-state index contributed by atoms with van der Waals surface area (Å²) in [6, 6.07) is 18.3. The monoisotopic (exact) mass is 337 g/mol. The zero-order valence-electron chi connectivity index (χ0n) is 14.2. The van der Waals surface area contributed by atoms with Gasteiger partial charge in [0.2, 0.25) is 5.95 Å². The summed E-state index contributed by atoms with van der Waals surface area (Å²) in [5.41, 5.74) is 2.31. The third-order valence-electron chi connectivity index (χ3n) is 4.70. The summed E-state index contributed by atoms with van der Waals surface area (Å²) in [5.74, 6) is 0.782. The van der Waals surface area contributed by atoms with Gasteiger partial charge in [0, 0.05) is 13.2 Å². The van der Waals surface area contributed by atoms with Crippen LogP contribution in [0.2, 0.25) is 0 Å². The lowest BCUT2D eigenvalue weighted by Gasteiger charge is -2.32. The highest BCUT2D eigenvalue weighted by Gasteiger charge is 2.32. The maximum Gasteiger partial charge on any atom is 0.204 e. The molecule has 0 radical (unpaired) electrons. The third kappa shape index (κ3) is 3.52. The number of nitrogens with one attached hydrogen (secondary N) is 1. The summed E-state index contributed by atoms with van der Waals surface area (Å²) in [4.78, 5) is 4.72. The van der Waals surface area contributed by atoms with Crippen LogP contribution in [0.1, 0.15) is 18.4 Å². The van der Waals surface area contributed by atoms with Crippen LogP contribution in [0.15, 0.2) is 54.6 Å². The average Bonchev–Trinajstić information content (AvgIpc) is 2.99. The lowest BCUT2D eigenvalue weighted by Crippen LogP contribution is -2.42. The predicted molar refractivity (Wildman–Crippen MR) is 98.5 cm³/mol. The number of hydrogen-bond acceptors (Lipinski definition) is 4. The second-order valence-electron chi connectivity index (χ2n) is 6.73. The Morgan fingerprint density at radius 3 is 2.72 bits per heavy atom. The molecule has 0 aliphatic carbocycles. The van der Waals surface area contributed by atoms with Crippen molar-refractivity contribution in [3.05, 3.63) is 60.2 Å². The zero-order chi connectivity index (χ0) is 17.1. The number of nitrogens with zero attached hydrogens (tertiary/aromatic N) is 2. The normalized spacial score (nSPS) is 20.7. The molecule has 2 N–H and O–H groups in total. The van der Waals surface area contributed by atoms with E-state index in [1.807, 2.05) is 42.5 Å². The Morgan fingerprint density at radius 1 is 1.12 bits per heavy atom. The summed E-state index contributed by atoms with van der Waals surface area (Å²) in [5, 5.41) is 14.3. The first-order valence-electron chi connectivity index (χ1n) is 8.77. The topological polar surface area (TPSA) is 59.3 Å². The summed E-state index contributed by atoms with van der Waals surface area (Å²) >= 11 is 0. The number of benzene rings is 2. The molecule has 1 saturated heterocycles. The lowest BCUT2D eigenvalue weighted by molar-refractivity contribution is -0.0934. The summed E-state index contributed by atoms with van der Waals surface area (Å²) in [7, 11) is 0. The minimum Gasteiger partial charge on any atom is -0.386 e. The van der Waals surface area contributed by atoms with E-state index in [0.717, 1.165) is 36.4 Å². The largest absolute Gasteiger partial charge is 0.386 e. The van der Waals surface area contributed by atoms with E-state index in [1.165, 1.54) is 5.56 Å². The van der Waals surface area contributed by atoms with Crippen molar-refractivity contribution in [3.63, 3.8) is 0 Å². The summed E-state index contributed by atoms with van der Waals surface area (Å²) in [6.07, 6.45) is 1.63. The van der Waals surface area contributed by atoms with Gasteiger partial charge in [-0.05, 0) is 30.5 Å². The van der Waals surface area contributed by atoms with E-state index in [9.17, 15) is 5.11 Å². The molecule has 1 aromatic heterocycles. The van der Waals surface area contributed by atoms with Gasteiger partial charge in [-0.25, -0.2) is 4.98 Å². The van der Waals surface area contributed by atoms with Crippen molar-refractivity contribution in [2.24, 2.45) is 0 Å². The van der Waals surface area contributed by atoms with Crippen molar-refractivity contribution in [1.82, 2.24) is 9.55 Å². The van der Waals surface area contributed by atoms with Crippen LogP contribution in [-0.2, 0) is 17.8 Å². The number of fused-ring (bicyclic) bond motifs is 1. The molecule has 4 rings (SSSR count). The van der Waals surface area contributed by atoms with Gasteiger partial charge in [-0.2, -0.15) is 0 Å². The number of hydrogen-bond donors (Lipinski definition) is 2. The highest BCUT2D eigenvalue weighted by molar-refractivity contribution is 5.78. The minimum atomic E-state index is -0.842. The summed E-state index contributed by atoms with van der Waals surface area (Å²) in [6.45, 7) is 2.27. The Kier molecular flexibility index (Phi) is 4.42. The fourth-order valence-corrected chi connectivity index (χ4v) is 3.40. The van der Waals surface area contributed by atoms with E-state index < -0.39 is 5.60 Å². The molecule has 1 unspecified atom stereocenters. The number of aliphatic hydroxyl groups is 1. The van der Waals surface area contributed by atoms with Crippen LogP contribution in [0, 0.1) is 0 Å². The predicted octanol–water partition coefficient (Wildman–Crippen LogP) is 3.19. The second-order valence-corrected chi connectivity index (χ2v) is 6.73. The fourth-order valence-electron chi connectivity index (χ4n) is 3.40. The number of rotatable bonds is 5. The fraction of sp³-hybridized carbons (Fsp3) is 0.350. The van der Waals surface area contributed by atoms with Crippen molar-refractivity contribution < 1.29 is 9.84 Å². The van der Waals surface area contributed by atoms with Gasteiger partial charge in [-0.15, -0.1) is 0 Å². The Morgan fingerprint density at radius 2 is 1.92 bits per heavy atom. The maximum atomic E-state index is 10.9. The minimum absolute atomic E-state index is 0.373. The number of ether oxygens (including phenoxy) is 1. The van der Waals surface area contributed by atoms with Gasteiger partial charge in [0.05, 0.1) is 24.2 Å². The molecule has 0 amide bonds. The molecule has 0 saturated carbocycles. The molecule has 0 spiro atoms. The van der Waals surface area contributed by atoms with Crippen LogP contribution in [0.4, 0.5) is 5.95 Å². The van der Waals surface area contributed by atoms with Gasteiger partial charge >= 0.3 is 0 Å². The van der Waals surface area contributed by atoms with E-state index in [0.29, 0.717) is 19.7 Å². The zero-order valence-corrected chi connectivity index (χ0v) is 14.2. The standard InChI is InChI=1S/C20H23N3O2/c24-20(11-6-12-25-15-20)14-23-18-10-5-4-9-17(18)22-19(23)21-13-16-7-2-1-3-8-16/h1-5,7-10,24H,6,11-15H2,(H,21,22). The molecular weight excluding hydrogens is 314 g/mol.